The number of nitrogens with one attached hydrogen (secondary N) is 4. The van der Waals surface area contributed by atoms with Gasteiger partial charge in [-0.15, -0.1) is 0 Å². The maximum absolute atomic E-state index is 13.4. The Hall–Kier alpha value is -3.17. The Kier molecular flexibility index (Phi) is 11.3. The molecule has 0 fully saturated rings. The van der Waals surface area contributed by atoms with Crippen LogP contribution in [0.4, 0.5) is 10.5 Å². The third-order valence-electron chi connectivity index (χ3n) is 6.57. The summed E-state index contributed by atoms with van der Waals surface area (Å²) in [5, 5.41) is 6.52. The van der Waals surface area contributed by atoms with Crippen molar-refractivity contribution in [2.75, 3.05) is 18.7 Å². The van der Waals surface area contributed by atoms with Gasteiger partial charge < -0.3 is 15.0 Å². The summed E-state index contributed by atoms with van der Waals surface area (Å²) in [6.45, 7) is 0.0879. The van der Waals surface area contributed by atoms with Gasteiger partial charge in [-0.25, -0.2) is 22.9 Å². The molecule has 0 saturated heterocycles. The minimum Gasteiger partial charge on any atom is -0.453 e. The standard InChI is InChI=1S/C30H30Cl2IN5O5S/c1-43-29(40)35-24-13-9-20(10-14-24)26-27(32)37-28(36-26)30(33,17-19-6-4-3-5-7-19)38-25(39)15-11-21-16-23(31)12-8-22(21)18-34-44(2,41)42/h3-10,12-14,16,34H,11,15,17-18H2,1-2H3,(H,35,40)(H,36,37)(H,38,39)/t30-/m1/s1. The van der Waals surface area contributed by atoms with Gasteiger partial charge in [-0.1, -0.05) is 71.7 Å². The van der Waals surface area contributed by atoms with Crippen LogP contribution in [0.1, 0.15) is 28.9 Å². The topological polar surface area (TPSA) is 142 Å². The Labute approximate surface area is 279 Å². The van der Waals surface area contributed by atoms with Crippen molar-refractivity contribution in [1.82, 2.24) is 20.0 Å². The summed E-state index contributed by atoms with van der Waals surface area (Å²) in [7, 11) is -2.12. The van der Waals surface area contributed by atoms with Crippen LogP contribution in [0, 0.1) is 0 Å². The number of amides is 2. The lowest BCUT2D eigenvalue weighted by molar-refractivity contribution is -0.122. The molecule has 10 nitrogen and oxygen atoms in total. The maximum atomic E-state index is 13.4. The van der Waals surface area contributed by atoms with Crippen LogP contribution >= 0.6 is 45.8 Å². The lowest BCUT2D eigenvalue weighted by atomic mass is 10.0. The SMILES string of the molecule is COC(=O)Nc1ccc(-c2nc([C@@](I)(Cc3ccccc3)NC(=O)CCc3cc(Cl)ccc3CNS(C)(=O)=O)[nH]c2Cl)cc1. The summed E-state index contributed by atoms with van der Waals surface area (Å²) >= 11 is 15.0. The van der Waals surface area contributed by atoms with Gasteiger partial charge >= 0.3 is 6.09 Å². The molecule has 0 spiro atoms. The van der Waals surface area contributed by atoms with Crippen LogP contribution < -0.4 is 15.4 Å². The quantitative estimate of drug-likeness (QED) is 0.0770. The molecule has 0 radical (unpaired) electrons. The van der Waals surface area contributed by atoms with Crippen LogP contribution in [0.2, 0.25) is 10.2 Å². The number of nitrogens with zero attached hydrogens (tertiary/aromatic N) is 1. The van der Waals surface area contributed by atoms with Gasteiger partial charge in [0.1, 0.15) is 16.7 Å². The first kappa shape index (κ1) is 33.7. The molecule has 44 heavy (non-hydrogen) atoms. The van der Waals surface area contributed by atoms with Gasteiger partial charge in [0, 0.05) is 35.7 Å². The number of benzene rings is 3. The van der Waals surface area contributed by atoms with Crippen LogP contribution in [0.5, 0.6) is 0 Å². The Bertz CT molecular complexity index is 1740. The number of halogens is 3. The minimum absolute atomic E-state index is 0.0879. The number of aromatic nitrogens is 2. The molecule has 14 heteroatoms. The monoisotopic (exact) mass is 769 g/mol. The molecule has 1 heterocycles. The van der Waals surface area contributed by atoms with E-state index in [-0.39, 0.29) is 18.9 Å². The second-order valence-electron chi connectivity index (χ2n) is 9.96. The first-order chi connectivity index (χ1) is 20.8. The molecule has 4 rings (SSSR count). The molecule has 0 aliphatic rings. The predicted molar refractivity (Wildman–Crippen MR) is 181 cm³/mol. The summed E-state index contributed by atoms with van der Waals surface area (Å²) in [5.41, 5.74) is 4.19. The molecule has 3 aromatic carbocycles. The maximum Gasteiger partial charge on any atom is 0.411 e. The number of hydrogen-bond donors (Lipinski definition) is 4. The fourth-order valence-electron chi connectivity index (χ4n) is 4.42. The molecular weight excluding hydrogens is 740 g/mol. The number of carbonyl (C=O) groups excluding carboxylic acids is 2. The van der Waals surface area contributed by atoms with E-state index >= 15 is 0 Å². The van der Waals surface area contributed by atoms with Crippen LogP contribution in [0.25, 0.3) is 11.3 Å². The zero-order valence-corrected chi connectivity index (χ0v) is 28.3. The van der Waals surface area contributed by atoms with E-state index in [1.54, 1.807) is 42.5 Å². The van der Waals surface area contributed by atoms with Gasteiger partial charge in [0.05, 0.1) is 13.4 Å². The highest BCUT2D eigenvalue weighted by Gasteiger charge is 2.35. The second-order valence-corrected chi connectivity index (χ2v) is 14.4. The van der Waals surface area contributed by atoms with Crippen molar-refractivity contribution in [2.24, 2.45) is 0 Å². The van der Waals surface area contributed by atoms with Crippen LogP contribution in [-0.2, 0) is 42.5 Å². The zero-order chi connectivity index (χ0) is 31.9. The molecule has 2 amide bonds. The lowest BCUT2D eigenvalue weighted by Gasteiger charge is -2.27. The largest absolute Gasteiger partial charge is 0.453 e. The van der Waals surface area contributed by atoms with Crippen LogP contribution in [-0.4, -0.2) is 43.8 Å². The number of anilines is 1. The zero-order valence-electron chi connectivity index (χ0n) is 23.8. The summed E-state index contributed by atoms with van der Waals surface area (Å²) in [5.74, 6) is 0.206. The van der Waals surface area contributed by atoms with Crippen molar-refractivity contribution in [2.45, 2.75) is 29.4 Å². The predicted octanol–water partition coefficient (Wildman–Crippen LogP) is 6.19. The third kappa shape index (κ3) is 9.41. The smallest absolute Gasteiger partial charge is 0.411 e. The van der Waals surface area contributed by atoms with Crippen molar-refractivity contribution >= 4 is 73.5 Å². The first-order valence-electron chi connectivity index (χ1n) is 13.3. The highest BCUT2D eigenvalue weighted by atomic mass is 127. The molecule has 1 aromatic heterocycles. The lowest BCUT2D eigenvalue weighted by Crippen LogP contribution is -2.43. The number of imidazole rings is 1. The van der Waals surface area contributed by atoms with Crippen molar-refractivity contribution in [1.29, 1.82) is 0 Å². The first-order valence-corrected chi connectivity index (χ1v) is 17.0. The molecule has 0 unspecified atom stereocenters. The van der Waals surface area contributed by atoms with Crippen molar-refractivity contribution in [3.05, 3.63) is 105 Å². The molecule has 0 bridgehead atoms. The number of ether oxygens (including phenoxy) is 1. The van der Waals surface area contributed by atoms with Crippen molar-refractivity contribution in [3.63, 3.8) is 0 Å². The highest BCUT2D eigenvalue weighted by Crippen LogP contribution is 2.36. The molecule has 0 aliphatic heterocycles. The number of aromatic amines is 1. The molecule has 4 N–H and O–H groups in total. The number of methoxy groups -OCH3 is 1. The Balaban J connectivity index is 1.57. The summed E-state index contributed by atoms with van der Waals surface area (Å²) in [4.78, 5) is 32.9. The van der Waals surface area contributed by atoms with E-state index in [2.05, 4.69) is 47.7 Å². The average Bonchev–Trinajstić information content (AvgIpc) is 3.38. The van der Waals surface area contributed by atoms with Gasteiger partial charge in [0.2, 0.25) is 15.9 Å². The summed E-state index contributed by atoms with van der Waals surface area (Å²) < 4.78 is 29.4. The van der Waals surface area contributed by atoms with Crippen molar-refractivity contribution in [3.8, 4) is 11.3 Å². The van der Waals surface area contributed by atoms with Crippen LogP contribution in [0.15, 0.2) is 72.8 Å². The minimum atomic E-state index is -3.40. The van der Waals surface area contributed by atoms with E-state index in [4.69, 9.17) is 28.2 Å². The number of rotatable bonds is 12. The normalized spacial score (nSPS) is 12.8. The van der Waals surface area contributed by atoms with E-state index in [1.165, 1.54) is 7.11 Å². The third-order valence-corrected chi connectivity index (χ3v) is 8.91. The Morgan fingerprint density at radius 3 is 2.39 bits per heavy atom. The number of aryl methyl sites for hydroxylation is 1. The average molecular weight is 770 g/mol. The number of sulfonamides is 1. The number of alkyl halides is 1. The van der Waals surface area contributed by atoms with Gasteiger partial charge in [-0.3, -0.25) is 10.1 Å². The van der Waals surface area contributed by atoms with Gasteiger partial charge in [0.25, 0.3) is 0 Å². The highest BCUT2D eigenvalue weighted by molar-refractivity contribution is 14.1. The summed E-state index contributed by atoms with van der Waals surface area (Å²) in [6.07, 6.45) is 1.36. The molecule has 232 valence electrons. The van der Waals surface area contributed by atoms with Gasteiger partial charge in [-0.05, 0) is 70.0 Å². The van der Waals surface area contributed by atoms with Gasteiger partial charge in [-0.2, -0.15) is 0 Å². The fourth-order valence-corrected chi connectivity index (χ4v) is 6.27. The van der Waals surface area contributed by atoms with E-state index in [9.17, 15) is 18.0 Å². The number of hydrogen-bond acceptors (Lipinski definition) is 6. The van der Waals surface area contributed by atoms with Crippen molar-refractivity contribution < 1.29 is 22.7 Å². The number of carbonyl (C=O) groups is 2. The Morgan fingerprint density at radius 2 is 1.73 bits per heavy atom. The molecule has 0 saturated carbocycles. The second kappa shape index (κ2) is 14.7. The molecule has 4 aromatic rings. The van der Waals surface area contributed by atoms with E-state index in [1.807, 2.05) is 30.3 Å². The summed E-state index contributed by atoms with van der Waals surface area (Å²) in [6, 6.07) is 21.8. The van der Waals surface area contributed by atoms with E-state index < -0.39 is 19.7 Å². The molecule has 1 atom stereocenters. The fraction of sp³-hybridized carbons (Fsp3) is 0.233. The van der Waals surface area contributed by atoms with E-state index in [0.717, 1.165) is 22.9 Å². The van der Waals surface area contributed by atoms with Gasteiger partial charge in [0.15, 0.2) is 3.55 Å². The number of H-pyrrole nitrogens is 1. The van der Waals surface area contributed by atoms with Crippen LogP contribution in [0.3, 0.4) is 0 Å². The van der Waals surface area contributed by atoms with E-state index in [0.29, 0.717) is 45.8 Å². The molecule has 0 aliphatic carbocycles. The Morgan fingerprint density at radius 1 is 1.02 bits per heavy atom. The molecular formula is C30H30Cl2IN5O5S.